The van der Waals surface area contributed by atoms with Crippen LogP contribution in [0.5, 0.6) is 0 Å². The molecule has 0 aromatic rings. The van der Waals surface area contributed by atoms with Crippen LogP contribution in [0.4, 0.5) is 0 Å². The normalized spacial score (nSPS) is 13.6. The van der Waals surface area contributed by atoms with E-state index in [1.54, 1.807) is 0 Å². The molecular weight excluding hydrogens is 309 g/mol. The summed E-state index contributed by atoms with van der Waals surface area (Å²) in [5.74, 6) is 0. The van der Waals surface area contributed by atoms with Crippen molar-refractivity contribution in [3.8, 4) is 0 Å². The van der Waals surface area contributed by atoms with Crippen molar-refractivity contribution in [3.63, 3.8) is 0 Å². The van der Waals surface area contributed by atoms with Crippen molar-refractivity contribution >= 4 is 45.1 Å². The summed E-state index contributed by atoms with van der Waals surface area (Å²) < 4.78 is 18.0. The van der Waals surface area contributed by atoms with Gasteiger partial charge in [-0.3, -0.25) is 4.21 Å². The van der Waals surface area contributed by atoms with Gasteiger partial charge in [0, 0.05) is 0 Å². The Morgan fingerprint density at radius 1 is 1.33 bits per heavy atom. The average molecular weight is 312 g/mol. The molecule has 0 heterocycles. The fourth-order valence-electron chi connectivity index (χ4n) is 0. The van der Waals surface area contributed by atoms with Gasteiger partial charge in [-0.2, -0.15) is 0 Å². The van der Waals surface area contributed by atoms with Crippen molar-refractivity contribution in [3.05, 3.63) is 0 Å². The minimum atomic E-state index is -3.29. The molecule has 0 saturated carbocycles. The minimum absolute atomic E-state index is 1.08. The van der Waals surface area contributed by atoms with E-state index in [1.165, 1.54) is 0 Å². The molecule has 0 aromatic carbocycles. The van der Waals surface area contributed by atoms with Gasteiger partial charge in [-0.25, -0.2) is 0 Å². The molecule has 1 unspecified atom stereocenters. The van der Waals surface area contributed by atoms with Crippen LogP contribution in [0, 0.1) is 0 Å². The summed E-state index contributed by atoms with van der Waals surface area (Å²) in [5, 5.41) is 0. The third-order valence-corrected chi connectivity index (χ3v) is 0. The van der Waals surface area contributed by atoms with Crippen LogP contribution in [0.3, 0.4) is 0 Å². The molecule has 0 bridgehead atoms. The first-order valence-corrected chi connectivity index (χ1v) is 15.6. The Kier molecular flexibility index (Phi) is 10.4. The number of rotatable bonds is 0. The molecule has 8 heteroatoms. The van der Waals surface area contributed by atoms with E-state index in [0.717, 1.165) is 6.26 Å². The Hall–Kier alpha value is 2.15. The van der Waals surface area contributed by atoms with Gasteiger partial charge in [0.15, 0.2) is 0 Å². The molecule has 0 fully saturated rings. The summed E-state index contributed by atoms with van der Waals surface area (Å²) in [5.41, 5.74) is 0. The van der Waals surface area contributed by atoms with E-state index in [2.05, 4.69) is 0 Å². The molecule has 0 aliphatic carbocycles. The Morgan fingerprint density at radius 2 is 1.33 bits per heavy atom. The quantitative estimate of drug-likeness (QED) is 0.644. The first kappa shape index (κ1) is 13.7. The molecule has 0 rings (SSSR count). The number of halogens is 4. The second-order valence-corrected chi connectivity index (χ2v) is 24.0. The van der Waals surface area contributed by atoms with Crippen LogP contribution in [0.25, 0.3) is 0 Å². The van der Waals surface area contributed by atoms with E-state index in [1.807, 2.05) is 0 Å². The van der Waals surface area contributed by atoms with Gasteiger partial charge >= 0.3 is 49.5 Å². The number of hydrogen-bond acceptors (Lipinski definition) is 2. The maximum absolute atomic E-state index is 9.00. The predicted octanol–water partition coefficient (Wildman–Crippen LogP) is 2.25. The zero-order valence-corrected chi connectivity index (χ0v) is 10.5. The summed E-state index contributed by atoms with van der Waals surface area (Å²) in [6.45, 7) is 0. The number of hydrogen-bond donors (Lipinski definition) is 0. The van der Waals surface area contributed by atoms with Gasteiger partial charge in [-0.15, -0.1) is 0 Å². The fourth-order valence-corrected chi connectivity index (χ4v) is 0. The van der Waals surface area contributed by atoms with Gasteiger partial charge in [0.05, 0.1) is 0 Å². The summed E-state index contributed by atoms with van der Waals surface area (Å²) in [6.07, 6.45) is 1.08. The van der Waals surface area contributed by atoms with E-state index < -0.39 is 26.6 Å². The van der Waals surface area contributed by atoms with E-state index in [-0.39, 0.29) is 0 Å². The van der Waals surface area contributed by atoms with E-state index >= 15 is 0 Å². The second kappa shape index (κ2) is 6.84. The van der Waals surface area contributed by atoms with E-state index in [9.17, 15) is 0 Å². The zero-order chi connectivity index (χ0) is 8.08. The van der Waals surface area contributed by atoms with E-state index in [0.29, 0.717) is 0 Å². The maximum atomic E-state index is 9.00. The monoisotopic (exact) mass is 309 g/mol. The second-order valence-electron chi connectivity index (χ2n) is 0.830. The van der Waals surface area contributed by atoms with Gasteiger partial charge in [-0.1, -0.05) is 11.1 Å². The van der Waals surface area contributed by atoms with E-state index in [4.69, 9.17) is 42.8 Å². The van der Waals surface area contributed by atoms with Crippen LogP contribution >= 0.6 is 34.1 Å². The van der Waals surface area contributed by atoms with Gasteiger partial charge in [0.25, 0.3) is 0 Å². The van der Waals surface area contributed by atoms with Crippen LogP contribution in [-0.2, 0) is 26.6 Å². The Balaban J connectivity index is 0. The van der Waals surface area contributed by atoms with Crippen LogP contribution in [0.15, 0.2) is 0 Å². The van der Waals surface area contributed by atoms with Crippen molar-refractivity contribution in [1.82, 2.24) is 0 Å². The van der Waals surface area contributed by atoms with Crippen molar-refractivity contribution in [2.45, 2.75) is 0 Å². The van der Waals surface area contributed by atoms with Crippen LogP contribution in [0.2, 0.25) is 0 Å². The van der Waals surface area contributed by atoms with Crippen molar-refractivity contribution in [2.24, 2.45) is 0 Å². The summed E-state index contributed by atoms with van der Waals surface area (Å²) in [7, 11) is 20.1. The van der Waals surface area contributed by atoms with Crippen LogP contribution in [0.1, 0.15) is 0 Å². The van der Waals surface area contributed by atoms with Gasteiger partial charge in [-0.05, 0) is 6.26 Å². The molecule has 0 N–H and O–H groups in total. The molecule has 0 saturated heterocycles. The van der Waals surface area contributed by atoms with Gasteiger partial charge in [0.2, 0.25) is 0 Å². The molecule has 1 atom stereocenters. The predicted molar refractivity (Wildman–Crippen MR) is 38.3 cm³/mol. The molecule has 0 amide bonds. The third kappa shape index (κ3) is 146. The zero-order valence-electron chi connectivity index (χ0n) is 4.24. The molecule has 58 valence electrons. The van der Waals surface area contributed by atoms with Crippen LogP contribution < -0.4 is 0 Å². The first-order valence-electron chi connectivity index (χ1n) is 1.50. The SMILES string of the molecule is CS(=O)[O-].[Cl][Zr]([Cl])([Cl])[Cl]. The van der Waals surface area contributed by atoms with Gasteiger partial charge < -0.3 is 4.55 Å². The summed E-state index contributed by atoms with van der Waals surface area (Å²) in [4.78, 5) is 0. The molecule has 0 aromatic heterocycles. The Labute approximate surface area is 74.7 Å². The molecule has 0 aliphatic heterocycles. The molecule has 2 nitrogen and oxygen atoms in total. The topological polar surface area (TPSA) is 40.1 Å². The molecule has 0 spiro atoms. The third-order valence-electron chi connectivity index (χ3n) is 0. The molecule has 9 heavy (non-hydrogen) atoms. The van der Waals surface area contributed by atoms with Crippen molar-refractivity contribution in [1.29, 1.82) is 0 Å². The standard InChI is InChI=1S/CH4O2S.4ClH.Zr/c1-4(2)3;;;;;/h1H3,(H,2,3);4*1H;/q;;;;;+4/p-5. The molecule has 0 radical (unpaired) electrons. The average Bonchev–Trinajstić information content (AvgIpc) is 1.19. The van der Waals surface area contributed by atoms with Crippen LogP contribution in [-0.4, -0.2) is 15.0 Å². The summed E-state index contributed by atoms with van der Waals surface area (Å²) >= 11 is -5.15. The Bertz CT molecular complexity index is 81.1. The first-order chi connectivity index (χ1) is 3.73. The molecular formula is CH3Cl4O2SZr-. The fraction of sp³-hybridized carbons (Fsp3) is 1.00. The van der Waals surface area contributed by atoms with Crippen molar-refractivity contribution in [2.75, 3.05) is 6.26 Å². The summed E-state index contributed by atoms with van der Waals surface area (Å²) in [6, 6.07) is 0. The van der Waals surface area contributed by atoms with Crippen molar-refractivity contribution < 1.29 is 24.3 Å². The molecule has 0 aliphatic rings. The van der Waals surface area contributed by atoms with Gasteiger partial charge in [0.1, 0.15) is 0 Å². The Morgan fingerprint density at radius 3 is 1.33 bits per heavy atom.